The smallest absolute Gasteiger partial charge is 0.293 e. The highest BCUT2D eigenvalue weighted by molar-refractivity contribution is 7.90. The Bertz CT molecular complexity index is 3190. The molecule has 3 aliphatic rings. The molecule has 2 aliphatic carbocycles. The Balaban J connectivity index is 0.908. The van der Waals surface area contributed by atoms with Crippen molar-refractivity contribution >= 4 is 60.9 Å². The fourth-order valence-corrected chi connectivity index (χ4v) is 12.0. The summed E-state index contributed by atoms with van der Waals surface area (Å²) in [4.78, 5) is 38.7. The van der Waals surface area contributed by atoms with E-state index in [-0.39, 0.29) is 28.3 Å². The molecule has 376 valence electrons. The van der Waals surface area contributed by atoms with Gasteiger partial charge in [-0.15, -0.1) is 11.3 Å². The van der Waals surface area contributed by atoms with E-state index in [2.05, 4.69) is 85.4 Å². The van der Waals surface area contributed by atoms with Gasteiger partial charge in [0.25, 0.3) is 21.6 Å². The van der Waals surface area contributed by atoms with Gasteiger partial charge in [-0.1, -0.05) is 43.7 Å². The number of H-pyrrole nitrogens is 1. The van der Waals surface area contributed by atoms with Gasteiger partial charge in [0, 0.05) is 73.5 Å². The van der Waals surface area contributed by atoms with Crippen LogP contribution in [0.1, 0.15) is 100 Å². The average Bonchev–Trinajstić information content (AvgIpc) is 4.05. The van der Waals surface area contributed by atoms with Crippen LogP contribution < -0.4 is 19.7 Å². The molecule has 3 aromatic heterocycles. The minimum atomic E-state index is -4.60. The molecule has 17 heteroatoms. The zero-order chi connectivity index (χ0) is 51.0. The van der Waals surface area contributed by atoms with Crippen LogP contribution in [0.2, 0.25) is 0 Å². The zero-order valence-electron chi connectivity index (χ0n) is 41.5. The molecule has 0 radical (unpaired) electrons. The van der Waals surface area contributed by atoms with Crippen LogP contribution in [-0.2, 0) is 15.4 Å². The van der Waals surface area contributed by atoms with Gasteiger partial charge in [-0.2, -0.15) is 5.26 Å². The van der Waals surface area contributed by atoms with Crippen LogP contribution in [0.4, 0.5) is 17.1 Å². The number of carbonyl (C=O) groups excluding carboxylic acids is 1. The van der Waals surface area contributed by atoms with Crippen molar-refractivity contribution in [3.8, 4) is 28.7 Å². The Kier molecular flexibility index (Phi) is 14.1. The number of benzene rings is 3. The number of aromatic amines is 1. The van der Waals surface area contributed by atoms with E-state index in [1.165, 1.54) is 39.9 Å². The van der Waals surface area contributed by atoms with Crippen molar-refractivity contribution in [2.45, 2.75) is 95.5 Å². The number of carbonyl (C=O) groups is 1. The van der Waals surface area contributed by atoms with Crippen LogP contribution >= 0.6 is 11.3 Å². The summed E-state index contributed by atoms with van der Waals surface area (Å²) in [7, 11) is -4.60. The predicted molar refractivity (Wildman–Crippen MR) is 283 cm³/mol. The summed E-state index contributed by atoms with van der Waals surface area (Å²) in [6.07, 6.45) is 9.21. The normalized spacial score (nSPS) is 19.7. The number of piperazine rings is 1. The number of thiophene rings is 1. The van der Waals surface area contributed by atoms with Crippen LogP contribution in [0.3, 0.4) is 0 Å². The molecule has 72 heavy (non-hydrogen) atoms. The Hall–Kier alpha value is -6.58. The minimum absolute atomic E-state index is 0.0502. The molecule has 2 fully saturated rings. The molecular weight excluding hydrogens is 949 g/mol. The zero-order valence-corrected chi connectivity index (χ0v) is 43.1. The van der Waals surface area contributed by atoms with Gasteiger partial charge < -0.3 is 25.0 Å². The van der Waals surface area contributed by atoms with Gasteiger partial charge >= 0.3 is 0 Å². The molecule has 6 aromatic rings. The molecule has 1 aliphatic heterocycles. The van der Waals surface area contributed by atoms with Gasteiger partial charge in [0.05, 0.1) is 38.7 Å². The first-order valence-electron chi connectivity index (χ1n) is 24.6. The number of hydrogen-bond donors (Lipinski definition) is 4. The number of pyridine rings is 1. The van der Waals surface area contributed by atoms with Crippen LogP contribution in [-0.4, -0.2) is 84.1 Å². The second-order valence-corrected chi connectivity index (χ2v) is 23.9. The number of hydrogen-bond acceptors (Lipinski definition) is 13. The van der Waals surface area contributed by atoms with Gasteiger partial charge in [-0.05, 0) is 147 Å². The summed E-state index contributed by atoms with van der Waals surface area (Å²) in [6.45, 7) is 14.7. The predicted octanol–water partition coefficient (Wildman–Crippen LogP) is 11.1. The highest BCUT2D eigenvalue weighted by Crippen LogP contribution is 2.46. The maximum Gasteiger partial charge on any atom is 0.293 e. The number of fused-ring (bicyclic) bond motifs is 1. The number of nitro groups is 1. The van der Waals surface area contributed by atoms with Crippen LogP contribution in [0.25, 0.3) is 27.7 Å². The number of amides is 1. The summed E-state index contributed by atoms with van der Waals surface area (Å²) < 4.78 is 36.1. The van der Waals surface area contributed by atoms with E-state index in [1.54, 1.807) is 41.8 Å². The lowest BCUT2D eigenvalue weighted by Crippen LogP contribution is -2.47. The Morgan fingerprint density at radius 2 is 1.75 bits per heavy atom. The molecule has 4 N–H and O–H groups in total. The maximum atomic E-state index is 14.1. The lowest BCUT2D eigenvalue weighted by atomic mass is 9.73. The molecule has 1 saturated carbocycles. The molecule has 0 atom stereocenters. The second kappa shape index (κ2) is 20.1. The van der Waals surface area contributed by atoms with Crippen molar-refractivity contribution in [3.63, 3.8) is 0 Å². The highest BCUT2D eigenvalue weighted by atomic mass is 32.2. The topological polar surface area (TPSA) is 207 Å². The molecule has 4 heterocycles. The second-order valence-electron chi connectivity index (χ2n) is 21.3. The van der Waals surface area contributed by atoms with E-state index in [0.717, 1.165) is 80.0 Å². The van der Waals surface area contributed by atoms with Gasteiger partial charge in [0.2, 0.25) is 0 Å². The number of nitrogens with one attached hydrogen (secondary N) is 3. The lowest BCUT2D eigenvalue weighted by molar-refractivity contribution is -0.384. The molecule has 1 amide bonds. The molecule has 9 rings (SSSR count). The van der Waals surface area contributed by atoms with Crippen molar-refractivity contribution in [1.29, 1.82) is 5.26 Å². The number of aliphatic hydroxyl groups is 1. The lowest BCUT2D eigenvalue weighted by Gasteiger charge is -2.39. The van der Waals surface area contributed by atoms with E-state index >= 15 is 0 Å². The van der Waals surface area contributed by atoms with Crippen LogP contribution in [0.15, 0.2) is 107 Å². The molecule has 0 spiro atoms. The highest BCUT2D eigenvalue weighted by Gasteiger charge is 2.32. The average molecular weight is 1010 g/mol. The van der Waals surface area contributed by atoms with Crippen molar-refractivity contribution in [1.82, 2.24) is 19.6 Å². The van der Waals surface area contributed by atoms with Gasteiger partial charge in [-0.25, -0.2) is 18.1 Å². The summed E-state index contributed by atoms with van der Waals surface area (Å²) in [5, 5.41) is 38.3. The number of nitrogens with zero attached hydrogens (tertiary/aromatic N) is 5. The number of allylic oxidation sites excluding steroid dienone is 1. The molecule has 1 saturated heterocycles. The number of ether oxygens (including phenoxy) is 1. The summed E-state index contributed by atoms with van der Waals surface area (Å²) in [5.74, 6) is -0.315. The quantitative estimate of drug-likeness (QED) is 0.0560. The standard InChI is InChI=1S/C55H62N8O7S2/c1-53(2)18-16-39(46(30-53)50-27-40(34-71-50)37-6-8-41(9-7-37)54(3,4)35-56)33-61-22-24-62(25-23-61)42-10-12-45(49(28-42)70-43-26-38-17-21-57-51(38)59-32-43)52(64)60-72(68,69)44-11-13-47(48(29-44)63(66)67)58-31-36-14-19-55(5,65)20-15-36/h6-13,17,21,26-29,32,34,36,58,65H,14-16,18-20,22-25,30-31,33H2,1-5H3,(H,57,59)(H,60,64). The number of nitro benzene ring substituents is 1. The number of nitriles is 1. The summed E-state index contributed by atoms with van der Waals surface area (Å²) >= 11 is 1.80. The molecule has 0 unspecified atom stereocenters. The van der Waals surface area contributed by atoms with Gasteiger partial charge in [0.15, 0.2) is 0 Å². The van der Waals surface area contributed by atoms with E-state index < -0.39 is 42.5 Å². The first-order valence-corrected chi connectivity index (χ1v) is 27.0. The third-order valence-electron chi connectivity index (χ3n) is 14.7. The summed E-state index contributed by atoms with van der Waals surface area (Å²) in [6, 6.07) is 25.3. The molecule has 15 nitrogen and oxygen atoms in total. The minimum Gasteiger partial charge on any atom is -0.455 e. The van der Waals surface area contributed by atoms with Gasteiger partial charge in [-0.3, -0.25) is 19.8 Å². The van der Waals surface area contributed by atoms with E-state index in [0.29, 0.717) is 43.9 Å². The molecule has 3 aromatic carbocycles. The van der Waals surface area contributed by atoms with E-state index in [9.17, 15) is 33.7 Å². The first-order chi connectivity index (χ1) is 34.2. The monoisotopic (exact) mass is 1010 g/mol. The Labute approximate surface area is 425 Å². The number of aromatic nitrogens is 2. The third kappa shape index (κ3) is 11.4. The Morgan fingerprint density at radius 1 is 1.00 bits per heavy atom. The third-order valence-corrected chi connectivity index (χ3v) is 17.1. The number of sulfonamides is 1. The van der Waals surface area contributed by atoms with Crippen LogP contribution in [0, 0.1) is 32.8 Å². The first kappa shape index (κ1) is 50.4. The fraction of sp³-hybridized carbons (Fsp3) is 0.400. The fourth-order valence-electron chi connectivity index (χ4n) is 10.0. The van der Waals surface area contributed by atoms with E-state index in [4.69, 9.17) is 4.74 Å². The van der Waals surface area contributed by atoms with Crippen molar-refractivity contribution in [3.05, 3.63) is 128 Å². The van der Waals surface area contributed by atoms with Crippen molar-refractivity contribution < 1.29 is 28.0 Å². The van der Waals surface area contributed by atoms with E-state index in [1.807, 2.05) is 26.8 Å². The molecular formula is C55H62N8O7S2. The van der Waals surface area contributed by atoms with Crippen LogP contribution in [0.5, 0.6) is 11.5 Å². The Morgan fingerprint density at radius 3 is 2.47 bits per heavy atom. The number of rotatable bonds is 15. The van der Waals surface area contributed by atoms with Crippen molar-refractivity contribution in [2.24, 2.45) is 11.3 Å². The van der Waals surface area contributed by atoms with Gasteiger partial charge in [0.1, 0.15) is 22.8 Å². The summed E-state index contributed by atoms with van der Waals surface area (Å²) in [5.41, 5.74) is 6.28. The SMILES string of the molecule is CC1(C)CCC(CN2CCN(c3ccc(C(=O)NS(=O)(=O)c4ccc(NCC5CCC(C)(O)CC5)c([N+](=O)[O-])c4)c(Oc4cnc5[nH]ccc5c4)c3)CC2)=C(c2cc(-c3ccc(C(C)(C)C#N)cc3)cs2)C1. The number of anilines is 2. The van der Waals surface area contributed by atoms with Crippen molar-refractivity contribution in [2.75, 3.05) is 49.5 Å². The molecule has 0 bridgehead atoms. The maximum absolute atomic E-state index is 14.1. The largest absolute Gasteiger partial charge is 0.455 e.